The third-order valence-electron chi connectivity index (χ3n) is 9.55. The van der Waals surface area contributed by atoms with Crippen LogP contribution in [0.4, 0.5) is 0 Å². The molecule has 4 rings (SSSR count). The van der Waals surface area contributed by atoms with Crippen LogP contribution in [0.15, 0.2) is 40.4 Å². The van der Waals surface area contributed by atoms with Crippen molar-refractivity contribution in [3.63, 3.8) is 0 Å². The molecule has 258 valence electrons. The first kappa shape index (κ1) is 37.3. The van der Waals surface area contributed by atoms with Crippen molar-refractivity contribution in [2.45, 2.75) is 117 Å². The van der Waals surface area contributed by atoms with Gasteiger partial charge in [-0.1, -0.05) is 81.7 Å². The van der Waals surface area contributed by atoms with E-state index in [2.05, 4.69) is 77.4 Å². The Bertz CT molecular complexity index is 1500. The average Bonchev–Trinajstić information content (AvgIpc) is 3.75. The summed E-state index contributed by atoms with van der Waals surface area (Å²) in [7, 11) is -2.17. The zero-order chi connectivity index (χ0) is 34.7. The van der Waals surface area contributed by atoms with E-state index in [9.17, 15) is 9.59 Å². The number of carbonyl (C=O) groups excluding carboxylic acids is 2. The van der Waals surface area contributed by atoms with E-state index in [-0.39, 0.29) is 41.0 Å². The summed E-state index contributed by atoms with van der Waals surface area (Å²) < 4.78 is 18.5. The minimum atomic E-state index is -2.17. The Morgan fingerprint density at radius 2 is 1.87 bits per heavy atom. The second-order valence-corrected chi connectivity index (χ2v) is 20.7. The molecule has 3 aromatic rings. The van der Waals surface area contributed by atoms with Gasteiger partial charge in [-0.15, -0.1) is 11.3 Å². The summed E-state index contributed by atoms with van der Waals surface area (Å²) in [5.74, 6) is -0.321. The molecular weight excluding hydrogens is 696 g/mol. The van der Waals surface area contributed by atoms with Crippen LogP contribution >= 0.6 is 27.3 Å². The number of rotatable bonds is 13. The molecule has 3 heterocycles. The van der Waals surface area contributed by atoms with Crippen molar-refractivity contribution in [2.75, 3.05) is 11.9 Å². The van der Waals surface area contributed by atoms with Gasteiger partial charge in [0.2, 0.25) is 11.8 Å². The molecule has 0 spiro atoms. The zero-order valence-corrected chi connectivity index (χ0v) is 32.8. The number of nitrogens with one attached hydrogen (secondary N) is 1. The number of benzene rings is 1. The van der Waals surface area contributed by atoms with E-state index in [4.69, 9.17) is 13.7 Å². The van der Waals surface area contributed by atoms with Crippen LogP contribution in [0.3, 0.4) is 0 Å². The van der Waals surface area contributed by atoms with Crippen LogP contribution in [0, 0.1) is 12.8 Å². The van der Waals surface area contributed by atoms with Gasteiger partial charge in [-0.25, -0.2) is 4.98 Å². The minimum Gasteiger partial charge on any atom is -0.471 e. The molecule has 0 bridgehead atoms. The molecule has 0 radical (unpaired) electrons. The lowest BCUT2D eigenvalue weighted by molar-refractivity contribution is -0.141. The lowest BCUT2D eigenvalue weighted by Crippen LogP contribution is -2.48. The summed E-state index contributed by atoms with van der Waals surface area (Å²) >= 11 is 5.09. The number of aromatic nitrogens is 2. The quantitative estimate of drug-likeness (QED) is 0.139. The Hall–Kier alpha value is -2.54. The molecule has 12 heteroatoms. The summed E-state index contributed by atoms with van der Waals surface area (Å²) in [5, 5.41) is 7.97. The Balaban J connectivity index is 1.57. The van der Waals surface area contributed by atoms with Crippen molar-refractivity contribution in [1.82, 2.24) is 20.4 Å². The second kappa shape index (κ2) is 15.3. The monoisotopic (exact) mass is 746 g/mol. The topological polar surface area (TPSA) is 107 Å². The van der Waals surface area contributed by atoms with Crippen LogP contribution in [-0.4, -0.2) is 65.3 Å². The van der Waals surface area contributed by atoms with Crippen molar-refractivity contribution in [3.05, 3.63) is 52.9 Å². The highest BCUT2D eigenvalue weighted by Crippen LogP contribution is 2.40. The van der Waals surface area contributed by atoms with Crippen molar-refractivity contribution in [3.8, 4) is 16.3 Å². The zero-order valence-electron chi connectivity index (χ0n) is 29.4. The van der Waals surface area contributed by atoms with Gasteiger partial charge in [0.1, 0.15) is 18.1 Å². The lowest BCUT2D eigenvalue weighted by Gasteiger charge is -2.38. The number of alkyl halides is 1. The first-order valence-electron chi connectivity index (χ1n) is 16.5. The maximum Gasteiger partial charge on any atom is 0.254 e. The number of nitrogens with zero attached hydrogens (tertiary/aromatic N) is 3. The largest absolute Gasteiger partial charge is 0.471 e. The fraction of sp³-hybridized carbons (Fsp3) is 0.600. The number of carbonyl (C=O) groups is 2. The predicted molar refractivity (Wildman–Crippen MR) is 194 cm³/mol. The SMILES string of the molecule is CCC(CBr)Oc1cc(C(C(=O)N2CC(O[Si](C)(C)C(C)(C)C)C[C@H]2C(=O)N[C@@H](C)c2ccc(-c3scnc3C)cc2)C(C)C)on1. The maximum atomic E-state index is 14.4. The maximum absolute atomic E-state index is 14.4. The van der Waals surface area contributed by atoms with E-state index in [1.54, 1.807) is 22.3 Å². The molecule has 2 aromatic heterocycles. The van der Waals surface area contributed by atoms with Crippen LogP contribution in [0.1, 0.15) is 90.3 Å². The molecule has 1 N–H and O–H groups in total. The highest BCUT2D eigenvalue weighted by molar-refractivity contribution is 9.09. The van der Waals surface area contributed by atoms with Gasteiger partial charge in [-0.3, -0.25) is 9.59 Å². The van der Waals surface area contributed by atoms with Gasteiger partial charge in [-0.05, 0) is 60.6 Å². The normalized spacial score (nSPS) is 19.1. The molecular formula is C35H51BrN4O5SSi. The summed E-state index contributed by atoms with van der Waals surface area (Å²) in [4.78, 5) is 35.7. The molecule has 0 saturated carbocycles. The fourth-order valence-corrected chi connectivity index (χ4v) is 8.41. The molecule has 1 aromatic carbocycles. The van der Waals surface area contributed by atoms with Crippen LogP contribution < -0.4 is 10.1 Å². The third kappa shape index (κ3) is 8.74. The highest BCUT2D eigenvalue weighted by Gasteiger charge is 2.47. The van der Waals surface area contributed by atoms with Gasteiger partial charge in [-0.2, -0.15) is 0 Å². The summed E-state index contributed by atoms with van der Waals surface area (Å²) in [5.41, 5.74) is 4.94. The average molecular weight is 748 g/mol. The molecule has 47 heavy (non-hydrogen) atoms. The number of halogens is 1. The number of hydrogen-bond acceptors (Lipinski definition) is 8. The third-order valence-corrected chi connectivity index (χ3v) is 15.8. The van der Waals surface area contributed by atoms with Crippen molar-refractivity contribution >= 4 is 47.4 Å². The van der Waals surface area contributed by atoms with E-state index >= 15 is 0 Å². The standard InChI is InChI=1S/C35H51BrN4O5SSi/c1-11-26(18-36)43-30-17-29(44-39-30)31(21(2)3)34(42)40-19-27(45-47(9,10)35(6,7)8)16-28(40)33(41)38-22(4)24-12-14-25(15-13-24)32-23(5)37-20-46-32/h12-15,17,20-22,26-28,31H,11,16,18-19H2,1-10H3,(H,38,41)/t22-,26?,27?,28-,31?/m0/s1. The molecule has 0 aliphatic carbocycles. The number of ether oxygens (including phenoxy) is 1. The number of amides is 2. The Morgan fingerprint density at radius 1 is 1.19 bits per heavy atom. The molecule has 1 fully saturated rings. The molecule has 3 unspecified atom stereocenters. The number of hydrogen-bond donors (Lipinski definition) is 1. The molecule has 9 nitrogen and oxygen atoms in total. The van der Waals surface area contributed by atoms with Crippen molar-refractivity contribution in [1.29, 1.82) is 0 Å². The van der Waals surface area contributed by atoms with Crippen molar-refractivity contribution < 1.29 is 23.3 Å². The molecule has 1 aliphatic rings. The van der Waals surface area contributed by atoms with E-state index < -0.39 is 20.3 Å². The number of aryl methyl sites for hydroxylation is 1. The van der Waals surface area contributed by atoms with Gasteiger partial charge < -0.3 is 23.9 Å². The van der Waals surface area contributed by atoms with Crippen LogP contribution in [0.2, 0.25) is 18.1 Å². The van der Waals surface area contributed by atoms with E-state index in [0.29, 0.717) is 29.9 Å². The Kier molecular flexibility index (Phi) is 12.2. The van der Waals surface area contributed by atoms with Gasteiger partial charge in [0, 0.05) is 24.4 Å². The molecule has 1 saturated heterocycles. The molecule has 5 atom stereocenters. The lowest BCUT2D eigenvalue weighted by atomic mass is 9.91. The predicted octanol–water partition coefficient (Wildman–Crippen LogP) is 8.27. The molecule has 2 amide bonds. The first-order chi connectivity index (χ1) is 22.1. The smallest absolute Gasteiger partial charge is 0.254 e. The first-order valence-corrected chi connectivity index (χ1v) is 21.5. The van der Waals surface area contributed by atoms with Gasteiger partial charge in [0.15, 0.2) is 14.1 Å². The Morgan fingerprint density at radius 3 is 2.43 bits per heavy atom. The summed E-state index contributed by atoms with van der Waals surface area (Å²) in [6.07, 6.45) is 0.920. The van der Waals surface area contributed by atoms with Crippen LogP contribution in [-0.2, 0) is 14.0 Å². The summed E-state index contributed by atoms with van der Waals surface area (Å²) in [6.45, 7) is 21.3. The second-order valence-electron chi connectivity index (χ2n) is 14.5. The Labute approximate surface area is 293 Å². The number of likely N-dealkylation sites (tertiary alicyclic amines) is 1. The molecule has 1 aliphatic heterocycles. The fourth-order valence-electron chi connectivity index (χ4n) is 5.65. The van der Waals surface area contributed by atoms with Crippen molar-refractivity contribution in [2.24, 2.45) is 5.92 Å². The minimum absolute atomic E-state index is 0.0112. The van der Waals surface area contributed by atoms with E-state index in [1.807, 2.05) is 52.3 Å². The van der Waals surface area contributed by atoms with Crippen LogP contribution in [0.25, 0.3) is 10.4 Å². The van der Waals surface area contributed by atoms with Gasteiger partial charge in [0.25, 0.3) is 5.88 Å². The van der Waals surface area contributed by atoms with Crippen LogP contribution in [0.5, 0.6) is 5.88 Å². The highest BCUT2D eigenvalue weighted by atomic mass is 79.9. The van der Waals surface area contributed by atoms with E-state index in [0.717, 1.165) is 28.1 Å². The van der Waals surface area contributed by atoms with Gasteiger partial charge in [0.05, 0.1) is 28.2 Å². The number of thiazole rings is 1. The summed E-state index contributed by atoms with van der Waals surface area (Å²) in [6, 6.07) is 8.98. The van der Waals surface area contributed by atoms with E-state index in [1.165, 1.54) is 0 Å². The van der Waals surface area contributed by atoms with Gasteiger partial charge >= 0.3 is 0 Å².